The Hall–Kier alpha value is -2.63. The number of rotatable bonds is 4. The van der Waals surface area contributed by atoms with E-state index < -0.39 is 0 Å². The van der Waals surface area contributed by atoms with Crippen molar-refractivity contribution in [2.75, 3.05) is 10.6 Å². The number of anilines is 2. The molecule has 0 bridgehead atoms. The Balaban J connectivity index is 1.63. The molecule has 3 rings (SSSR count). The number of benzene rings is 2. The molecule has 24 heavy (non-hydrogen) atoms. The first-order valence-corrected chi connectivity index (χ1v) is 8.39. The molecule has 0 radical (unpaired) electrons. The summed E-state index contributed by atoms with van der Waals surface area (Å²) in [5, 5.41) is 8.03. The third-order valence-electron chi connectivity index (χ3n) is 3.25. The van der Waals surface area contributed by atoms with Crippen LogP contribution in [0, 0.1) is 0 Å². The van der Waals surface area contributed by atoms with E-state index in [1.165, 1.54) is 11.3 Å². The minimum Gasteiger partial charge on any atom is -0.322 e. The van der Waals surface area contributed by atoms with Crippen LogP contribution in [0.4, 0.5) is 11.4 Å². The number of halogens is 1. The van der Waals surface area contributed by atoms with Gasteiger partial charge in [-0.25, -0.2) is 0 Å². The van der Waals surface area contributed by atoms with Crippen LogP contribution < -0.4 is 10.6 Å². The summed E-state index contributed by atoms with van der Waals surface area (Å²) in [5.41, 5.74) is 1.83. The second-order valence-electron chi connectivity index (χ2n) is 4.97. The molecular weight excluding hydrogens is 344 g/mol. The highest BCUT2D eigenvalue weighted by Crippen LogP contribution is 2.17. The summed E-state index contributed by atoms with van der Waals surface area (Å²) in [7, 11) is 0. The number of carbonyl (C=O) groups excluding carboxylic acids is 2. The number of carbonyl (C=O) groups is 2. The summed E-state index contributed by atoms with van der Waals surface area (Å²) in [6, 6.07) is 17.2. The van der Waals surface area contributed by atoms with Gasteiger partial charge in [0.05, 0.1) is 4.88 Å². The number of thiophene rings is 1. The average Bonchev–Trinajstić information content (AvgIpc) is 3.12. The van der Waals surface area contributed by atoms with Crippen molar-refractivity contribution in [2.24, 2.45) is 0 Å². The average molecular weight is 357 g/mol. The van der Waals surface area contributed by atoms with Crippen molar-refractivity contribution in [3.05, 3.63) is 81.5 Å². The zero-order valence-electron chi connectivity index (χ0n) is 12.5. The molecule has 0 saturated carbocycles. The van der Waals surface area contributed by atoms with E-state index in [4.69, 9.17) is 11.6 Å². The van der Waals surface area contributed by atoms with Crippen LogP contribution in [0.25, 0.3) is 0 Å². The SMILES string of the molecule is O=C(Nc1ccc(NC(=O)c2cccs2)cc1)c1ccc(Cl)cc1. The van der Waals surface area contributed by atoms with Crippen LogP contribution in [0.5, 0.6) is 0 Å². The van der Waals surface area contributed by atoms with Crippen molar-refractivity contribution in [3.8, 4) is 0 Å². The summed E-state index contributed by atoms with van der Waals surface area (Å²) in [4.78, 5) is 24.7. The van der Waals surface area contributed by atoms with Crippen LogP contribution in [0.2, 0.25) is 5.02 Å². The summed E-state index contributed by atoms with van der Waals surface area (Å²) in [5.74, 6) is -0.370. The van der Waals surface area contributed by atoms with Crippen molar-refractivity contribution < 1.29 is 9.59 Å². The molecule has 2 amide bonds. The van der Waals surface area contributed by atoms with Gasteiger partial charge in [0.2, 0.25) is 0 Å². The van der Waals surface area contributed by atoms with Gasteiger partial charge in [0, 0.05) is 22.0 Å². The largest absolute Gasteiger partial charge is 0.322 e. The molecule has 0 spiro atoms. The normalized spacial score (nSPS) is 10.2. The van der Waals surface area contributed by atoms with Gasteiger partial charge >= 0.3 is 0 Å². The first-order chi connectivity index (χ1) is 11.6. The first kappa shape index (κ1) is 16.2. The van der Waals surface area contributed by atoms with Crippen LogP contribution >= 0.6 is 22.9 Å². The topological polar surface area (TPSA) is 58.2 Å². The lowest BCUT2D eigenvalue weighted by Crippen LogP contribution is -2.12. The van der Waals surface area contributed by atoms with Gasteiger partial charge in [0.1, 0.15) is 0 Å². The highest BCUT2D eigenvalue weighted by atomic mass is 35.5. The molecule has 3 aromatic rings. The van der Waals surface area contributed by atoms with Gasteiger partial charge in [0.25, 0.3) is 11.8 Å². The summed E-state index contributed by atoms with van der Waals surface area (Å²) in [6.07, 6.45) is 0. The van der Waals surface area contributed by atoms with Gasteiger partial charge in [-0.2, -0.15) is 0 Å². The lowest BCUT2D eigenvalue weighted by molar-refractivity contribution is 0.102. The molecule has 0 atom stereocenters. The van der Waals surface area contributed by atoms with Gasteiger partial charge in [-0.15, -0.1) is 11.3 Å². The molecule has 0 unspecified atom stereocenters. The Kier molecular flexibility index (Phi) is 4.93. The second-order valence-corrected chi connectivity index (χ2v) is 6.35. The van der Waals surface area contributed by atoms with E-state index in [9.17, 15) is 9.59 Å². The molecule has 0 aliphatic heterocycles. The number of hydrogen-bond acceptors (Lipinski definition) is 3. The van der Waals surface area contributed by atoms with E-state index in [0.717, 1.165) is 0 Å². The van der Waals surface area contributed by atoms with Crippen LogP contribution in [-0.4, -0.2) is 11.8 Å². The van der Waals surface area contributed by atoms with Crippen LogP contribution in [0.15, 0.2) is 66.0 Å². The Morgan fingerprint density at radius 3 is 1.92 bits per heavy atom. The van der Waals surface area contributed by atoms with Crippen molar-refractivity contribution in [1.29, 1.82) is 0 Å². The summed E-state index contributed by atoms with van der Waals surface area (Å²) >= 11 is 7.19. The number of amides is 2. The molecule has 120 valence electrons. The quantitative estimate of drug-likeness (QED) is 0.698. The number of hydrogen-bond donors (Lipinski definition) is 2. The zero-order chi connectivity index (χ0) is 16.9. The maximum absolute atomic E-state index is 12.1. The Bertz CT molecular complexity index is 844. The molecular formula is C18H13ClN2O2S. The molecule has 1 heterocycles. The van der Waals surface area contributed by atoms with Gasteiger partial charge in [0.15, 0.2) is 0 Å². The van der Waals surface area contributed by atoms with E-state index >= 15 is 0 Å². The Morgan fingerprint density at radius 1 is 0.792 bits per heavy atom. The van der Waals surface area contributed by atoms with E-state index in [0.29, 0.717) is 26.8 Å². The lowest BCUT2D eigenvalue weighted by Gasteiger charge is -2.07. The molecule has 0 fully saturated rings. The maximum Gasteiger partial charge on any atom is 0.265 e. The standard InChI is InChI=1S/C18H13ClN2O2S/c19-13-5-3-12(4-6-13)17(22)20-14-7-9-15(10-8-14)21-18(23)16-2-1-11-24-16/h1-11H,(H,20,22)(H,21,23). The monoisotopic (exact) mass is 356 g/mol. The van der Waals surface area contributed by atoms with Crippen LogP contribution in [0.3, 0.4) is 0 Å². The molecule has 2 N–H and O–H groups in total. The first-order valence-electron chi connectivity index (χ1n) is 7.14. The fourth-order valence-electron chi connectivity index (χ4n) is 2.04. The van der Waals surface area contributed by atoms with Gasteiger partial charge in [-0.3, -0.25) is 9.59 Å². The molecule has 4 nitrogen and oxygen atoms in total. The van der Waals surface area contributed by atoms with E-state index in [1.807, 2.05) is 11.4 Å². The zero-order valence-corrected chi connectivity index (χ0v) is 14.0. The third kappa shape index (κ3) is 4.01. The number of nitrogens with one attached hydrogen (secondary N) is 2. The second kappa shape index (κ2) is 7.29. The molecule has 0 aliphatic rings. The Morgan fingerprint density at radius 2 is 1.38 bits per heavy atom. The lowest BCUT2D eigenvalue weighted by atomic mass is 10.2. The fraction of sp³-hybridized carbons (Fsp3) is 0. The third-order valence-corrected chi connectivity index (χ3v) is 4.37. The highest BCUT2D eigenvalue weighted by molar-refractivity contribution is 7.12. The van der Waals surface area contributed by atoms with Crippen molar-refractivity contribution >= 4 is 46.1 Å². The molecule has 6 heteroatoms. The molecule has 2 aromatic carbocycles. The molecule has 1 aromatic heterocycles. The van der Waals surface area contributed by atoms with Crippen LogP contribution in [-0.2, 0) is 0 Å². The maximum atomic E-state index is 12.1. The fourth-order valence-corrected chi connectivity index (χ4v) is 2.79. The minimum atomic E-state index is -0.220. The summed E-state index contributed by atoms with van der Waals surface area (Å²) in [6.45, 7) is 0. The smallest absolute Gasteiger partial charge is 0.265 e. The summed E-state index contributed by atoms with van der Waals surface area (Å²) < 4.78 is 0. The van der Waals surface area contributed by atoms with Gasteiger partial charge in [-0.05, 0) is 60.0 Å². The van der Waals surface area contributed by atoms with Gasteiger partial charge < -0.3 is 10.6 Å². The Labute approximate surface area is 148 Å². The predicted molar refractivity (Wildman–Crippen MR) is 98.1 cm³/mol. The van der Waals surface area contributed by atoms with Crippen LogP contribution in [0.1, 0.15) is 20.0 Å². The highest BCUT2D eigenvalue weighted by Gasteiger charge is 2.08. The van der Waals surface area contributed by atoms with Crippen molar-refractivity contribution in [2.45, 2.75) is 0 Å². The van der Waals surface area contributed by atoms with E-state index in [2.05, 4.69) is 10.6 Å². The molecule has 0 saturated heterocycles. The van der Waals surface area contributed by atoms with E-state index in [1.54, 1.807) is 54.6 Å². The minimum absolute atomic E-state index is 0.150. The van der Waals surface area contributed by atoms with Gasteiger partial charge in [-0.1, -0.05) is 17.7 Å². The van der Waals surface area contributed by atoms with Crippen molar-refractivity contribution in [1.82, 2.24) is 0 Å². The molecule has 0 aliphatic carbocycles. The predicted octanol–water partition coefficient (Wildman–Crippen LogP) is 4.91. The van der Waals surface area contributed by atoms with Crippen molar-refractivity contribution in [3.63, 3.8) is 0 Å². The van der Waals surface area contributed by atoms with E-state index in [-0.39, 0.29) is 11.8 Å².